The third-order valence-electron chi connectivity index (χ3n) is 6.08. The SMILES string of the molecule is CC(NC(=O)c1oc2ccccc2c1CSC1CCCCC1)c1ccc(S(C)(=O)=O)cc1. The molecule has 32 heavy (non-hydrogen) atoms. The second-order valence-corrected chi connectivity index (χ2v) is 11.8. The van der Waals surface area contributed by atoms with Crippen LogP contribution in [0.4, 0.5) is 0 Å². The number of hydrogen-bond acceptors (Lipinski definition) is 5. The van der Waals surface area contributed by atoms with Crippen LogP contribution in [0.3, 0.4) is 0 Å². The lowest BCUT2D eigenvalue weighted by Gasteiger charge is -2.21. The van der Waals surface area contributed by atoms with Crippen molar-refractivity contribution in [2.75, 3.05) is 6.26 Å². The highest BCUT2D eigenvalue weighted by Gasteiger charge is 2.24. The van der Waals surface area contributed by atoms with Gasteiger partial charge in [-0.05, 0) is 43.5 Å². The van der Waals surface area contributed by atoms with Gasteiger partial charge in [-0.1, -0.05) is 49.6 Å². The molecule has 0 aliphatic heterocycles. The summed E-state index contributed by atoms with van der Waals surface area (Å²) < 4.78 is 29.4. The van der Waals surface area contributed by atoms with Crippen LogP contribution in [0.5, 0.6) is 0 Å². The molecule has 1 N–H and O–H groups in total. The lowest BCUT2D eigenvalue weighted by molar-refractivity contribution is 0.0913. The van der Waals surface area contributed by atoms with E-state index in [0.717, 1.165) is 27.8 Å². The second-order valence-electron chi connectivity index (χ2n) is 8.51. The van der Waals surface area contributed by atoms with Crippen molar-refractivity contribution in [1.29, 1.82) is 0 Å². The lowest BCUT2D eigenvalue weighted by Crippen LogP contribution is -2.27. The highest BCUT2D eigenvalue weighted by molar-refractivity contribution is 7.99. The Bertz CT molecular complexity index is 1190. The van der Waals surface area contributed by atoms with Gasteiger partial charge in [0.15, 0.2) is 15.6 Å². The summed E-state index contributed by atoms with van der Waals surface area (Å²) in [6.45, 7) is 1.88. The minimum atomic E-state index is -3.25. The number of hydrogen-bond donors (Lipinski definition) is 1. The van der Waals surface area contributed by atoms with Crippen molar-refractivity contribution in [3.8, 4) is 0 Å². The van der Waals surface area contributed by atoms with Gasteiger partial charge in [-0.25, -0.2) is 8.42 Å². The van der Waals surface area contributed by atoms with E-state index in [2.05, 4.69) is 5.32 Å². The molecule has 2 aromatic carbocycles. The van der Waals surface area contributed by atoms with Crippen LogP contribution in [0.25, 0.3) is 11.0 Å². The predicted octanol–water partition coefficient (Wildman–Crippen LogP) is 5.89. The standard InChI is InChI=1S/C25H29NO4S2/c1-17(18-12-14-20(15-13-18)32(2,28)29)26-25(27)24-22(16-31-19-8-4-3-5-9-19)21-10-6-7-11-23(21)30-24/h6-7,10-15,17,19H,3-5,8-9,16H2,1-2H3,(H,26,27). The van der Waals surface area contributed by atoms with Gasteiger partial charge in [-0.15, -0.1) is 0 Å². The molecule has 1 aliphatic rings. The van der Waals surface area contributed by atoms with Crippen molar-refractivity contribution in [1.82, 2.24) is 5.32 Å². The summed E-state index contributed by atoms with van der Waals surface area (Å²) in [5.41, 5.74) is 2.51. The van der Waals surface area contributed by atoms with Crippen molar-refractivity contribution in [3.05, 3.63) is 65.4 Å². The Morgan fingerprint density at radius 3 is 2.47 bits per heavy atom. The maximum absolute atomic E-state index is 13.2. The van der Waals surface area contributed by atoms with E-state index in [0.29, 0.717) is 11.0 Å². The molecule has 0 spiro atoms. The lowest BCUT2D eigenvalue weighted by atomic mass is 10.0. The normalized spacial score (nSPS) is 16.2. The number of furan rings is 1. The van der Waals surface area contributed by atoms with Gasteiger partial charge in [0.25, 0.3) is 5.91 Å². The van der Waals surface area contributed by atoms with Crippen molar-refractivity contribution >= 4 is 38.5 Å². The molecule has 1 atom stereocenters. The Balaban J connectivity index is 1.53. The topological polar surface area (TPSA) is 76.4 Å². The van der Waals surface area contributed by atoms with Crippen molar-refractivity contribution < 1.29 is 17.6 Å². The van der Waals surface area contributed by atoms with Gasteiger partial charge < -0.3 is 9.73 Å². The number of sulfone groups is 1. The van der Waals surface area contributed by atoms with Gasteiger partial charge in [0.1, 0.15) is 5.58 Å². The first kappa shape index (κ1) is 22.9. The first-order valence-electron chi connectivity index (χ1n) is 11.1. The Labute approximate surface area is 193 Å². The number of benzene rings is 2. The molecule has 1 unspecified atom stereocenters. The first-order valence-corrected chi connectivity index (χ1v) is 14.0. The number of para-hydroxylation sites is 1. The van der Waals surface area contributed by atoms with Gasteiger partial charge in [-0.2, -0.15) is 11.8 Å². The zero-order chi connectivity index (χ0) is 22.7. The highest BCUT2D eigenvalue weighted by Crippen LogP contribution is 2.35. The van der Waals surface area contributed by atoms with Crippen LogP contribution in [0, 0.1) is 0 Å². The molecule has 1 fully saturated rings. The molecule has 0 bridgehead atoms. The average Bonchev–Trinajstić information content (AvgIpc) is 3.16. The number of rotatable bonds is 7. The Hall–Kier alpha value is -2.25. The molecule has 1 heterocycles. The van der Waals surface area contributed by atoms with E-state index in [1.165, 1.54) is 38.4 Å². The number of thioether (sulfide) groups is 1. The maximum Gasteiger partial charge on any atom is 0.287 e. The molecule has 4 rings (SSSR count). The molecule has 1 amide bonds. The highest BCUT2D eigenvalue weighted by atomic mass is 32.2. The molecule has 5 nitrogen and oxygen atoms in total. The fraction of sp³-hybridized carbons (Fsp3) is 0.400. The number of amides is 1. The minimum Gasteiger partial charge on any atom is -0.451 e. The molecule has 3 aromatic rings. The van der Waals surface area contributed by atoms with E-state index in [-0.39, 0.29) is 16.8 Å². The summed E-state index contributed by atoms with van der Waals surface area (Å²) in [6, 6.07) is 14.1. The fourth-order valence-corrected chi connectivity index (χ4v) is 6.19. The molecular formula is C25H29NO4S2. The summed E-state index contributed by atoms with van der Waals surface area (Å²) >= 11 is 1.92. The van der Waals surface area contributed by atoms with Gasteiger partial charge in [0.2, 0.25) is 0 Å². The Morgan fingerprint density at radius 1 is 1.09 bits per heavy atom. The number of fused-ring (bicyclic) bond motifs is 1. The summed E-state index contributed by atoms with van der Waals surface area (Å²) in [4.78, 5) is 13.4. The molecule has 1 saturated carbocycles. The summed E-state index contributed by atoms with van der Waals surface area (Å²) in [5, 5.41) is 4.65. The van der Waals surface area contributed by atoms with Crippen molar-refractivity contribution in [2.45, 2.75) is 61.0 Å². The third-order valence-corrected chi connectivity index (χ3v) is 8.60. The zero-order valence-corrected chi connectivity index (χ0v) is 20.1. The van der Waals surface area contributed by atoms with E-state index in [4.69, 9.17) is 4.42 Å². The average molecular weight is 472 g/mol. The van der Waals surface area contributed by atoms with Crippen LogP contribution in [0.1, 0.15) is 66.8 Å². The molecule has 0 radical (unpaired) electrons. The minimum absolute atomic E-state index is 0.250. The van der Waals surface area contributed by atoms with E-state index < -0.39 is 9.84 Å². The number of carbonyl (C=O) groups excluding carboxylic acids is 1. The smallest absolute Gasteiger partial charge is 0.287 e. The largest absolute Gasteiger partial charge is 0.451 e. The van der Waals surface area contributed by atoms with Crippen LogP contribution in [-0.4, -0.2) is 25.8 Å². The Kier molecular flexibility index (Phi) is 6.96. The molecule has 170 valence electrons. The van der Waals surface area contributed by atoms with E-state index >= 15 is 0 Å². The van der Waals surface area contributed by atoms with Crippen molar-refractivity contribution in [3.63, 3.8) is 0 Å². The molecule has 1 aromatic heterocycles. The van der Waals surface area contributed by atoms with Gasteiger partial charge >= 0.3 is 0 Å². The van der Waals surface area contributed by atoms with Gasteiger partial charge in [0.05, 0.1) is 10.9 Å². The summed E-state index contributed by atoms with van der Waals surface area (Å²) in [7, 11) is -3.25. The second kappa shape index (κ2) is 9.71. The Morgan fingerprint density at radius 2 is 1.78 bits per heavy atom. The van der Waals surface area contributed by atoms with Crippen molar-refractivity contribution in [2.24, 2.45) is 0 Å². The number of nitrogens with one attached hydrogen (secondary N) is 1. The van der Waals surface area contributed by atoms with E-state index in [9.17, 15) is 13.2 Å². The van der Waals surface area contributed by atoms with E-state index in [1.54, 1.807) is 24.3 Å². The molecule has 7 heteroatoms. The molecule has 0 saturated heterocycles. The number of carbonyl (C=O) groups is 1. The molecular weight excluding hydrogens is 442 g/mol. The van der Waals surface area contributed by atoms with Crippen LogP contribution in [0.2, 0.25) is 0 Å². The van der Waals surface area contributed by atoms with Crippen LogP contribution in [0.15, 0.2) is 57.8 Å². The zero-order valence-electron chi connectivity index (χ0n) is 18.5. The third kappa shape index (κ3) is 5.21. The van der Waals surface area contributed by atoms with Gasteiger partial charge in [-0.3, -0.25) is 4.79 Å². The first-order chi connectivity index (χ1) is 15.3. The fourth-order valence-electron chi connectivity index (χ4n) is 4.21. The molecule has 1 aliphatic carbocycles. The quantitative estimate of drug-likeness (QED) is 0.465. The van der Waals surface area contributed by atoms with Crippen LogP contribution in [-0.2, 0) is 15.6 Å². The monoisotopic (exact) mass is 471 g/mol. The maximum atomic E-state index is 13.2. The predicted molar refractivity (Wildman–Crippen MR) is 130 cm³/mol. The van der Waals surface area contributed by atoms with E-state index in [1.807, 2.05) is 43.0 Å². The van der Waals surface area contributed by atoms with Gasteiger partial charge in [0, 0.05) is 28.2 Å². The summed E-state index contributed by atoms with van der Waals surface area (Å²) in [5.74, 6) is 0.872. The summed E-state index contributed by atoms with van der Waals surface area (Å²) in [6.07, 6.45) is 7.55. The van der Waals surface area contributed by atoms with Crippen LogP contribution < -0.4 is 5.32 Å². The van der Waals surface area contributed by atoms with Crippen LogP contribution >= 0.6 is 11.8 Å².